The molecule has 2 atom stereocenters. The van der Waals surface area contributed by atoms with Crippen molar-refractivity contribution in [1.29, 1.82) is 0 Å². The summed E-state index contributed by atoms with van der Waals surface area (Å²) in [5.41, 5.74) is -0.789. The van der Waals surface area contributed by atoms with Crippen molar-refractivity contribution in [2.24, 2.45) is 5.41 Å². The van der Waals surface area contributed by atoms with Crippen LogP contribution >= 0.6 is 11.6 Å². The van der Waals surface area contributed by atoms with Crippen LogP contribution in [0.1, 0.15) is 24.8 Å². The quantitative estimate of drug-likeness (QED) is 0.872. The summed E-state index contributed by atoms with van der Waals surface area (Å²) in [5.74, 6) is -1.68. The van der Waals surface area contributed by atoms with E-state index in [-0.39, 0.29) is 35.5 Å². The fourth-order valence-corrected chi connectivity index (χ4v) is 4.05. The number of nitrogens with zero attached hydrogens (tertiary/aromatic N) is 1. The number of halogens is 2. The molecule has 3 rings (SSSR count). The van der Waals surface area contributed by atoms with E-state index in [1.165, 1.54) is 12.1 Å². The summed E-state index contributed by atoms with van der Waals surface area (Å²) in [5, 5.41) is 13.2. The number of benzene rings is 1. The average molecular weight is 355 g/mol. The number of carboxylic acid groups (broad SMARTS) is 1. The number of rotatable bonds is 3. The molecule has 2 heterocycles. The Bertz CT molecular complexity index is 649. The molecular weight excluding hydrogens is 335 g/mol. The molecule has 0 aliphatic carbocycles. The maximum atomic E-state index is 13.9. The Hall–Kier alpha value is -1.66. The Kier molecular flexibility index (Phi) is 4.78. The molecule has 1 aromatic rings. The van der Waals surface area contributed by atoms with Crippen molar-refractivity contribution in [3.8, 4) is 0 Å². The molecule has 2 fully saturated rings. The highest BCUT2D eigenvalue weighted by Crippen LogP contribution is 2.38. The minimum atomic E-state index is -0.953. The number of piperidine rings is 2. The van der Waals surface area contributed by atoms with Crippen molar-refractivity contribution in [1.82, 2.24) is 10.2 Å². The molecule has 0 bridgehead atoms. The fraction of sp³-hybridized carbons (Fsp3) is 0.529. The number of carbonyl (C=O) groups excluding carboxylic acids is 1. The van der Waals surface area contributed by atoms with E-state index in [1.807, 2.05) is 0 Å². The zero-order valence-electron chi connectivity index (χ0n) is 13.2. The van der Waals surface area contributed by atoms with E-state index >= 15 is 0 Å². The molecule has 24 heavy (non-hydrogen) atoms. The first kappa shape index (κ1) is 17.2. The molecule has 0 spiro atoms. The van der Waals surface area contributed by atoms with Crippen LogP contribution in [-0.4, -0.2) is 47.6 Å². The third-order valence-corrected chi connectivity index (χ3v) is 5.54. The highest BCUT2D eigenvalue weighted by atomic mass is 35.5. The van der Waals surface area contributed by atoms with Gasteiger partial charge in [-0.3, -0.25) is 9.59 Å². The van der Waals surface area contributed by atoms with E-state index in [4.69, 9.17) is 11.6 Å². The molecule has 0 aromatic heterocycles. The van der Waals surface area contributed by atoms with Gasteiger partial charge in [-0.05, 0) is 37.9 Å². The summed E-state index contributed by atoms with van der Waals surface area (Å²) in [6.45, 7) is 1.43. The van der Waals surface area contributed by atoms with Crippen LogP contribution in [0.15, 0.2) is 18.2 Å². The second kappa shape index (κ2) is 6.69. The molecule has 130 valence electrons. The molecule has 0 radical (unpaired) electrons. The van der Waals surface area contributed by atoms with Gasteiger partial charge in [-0.15, -0.1) is 0 Å². The van der Waals surface area contributed by atoms with E-state index in [1.54, 1.807) is 11.0 Å². The number of nitrogens with one attached hydrogen (secondary N) is 1. The SMILES string of the molecule is O=C(Cc1c(F)cccc1Cl)N1CCC2NCCC[C@]2(C(=O)O)C1. The Morgan fingerprint density at radius 1 is 1.46 bits per heavy atom. The Morgan fingerprint density at radius 3 is 2.96 bits per heavy atom. The van der Waals surface area contributed by atoms with Gasteiger partial charge in [0.1, 0.15) is 11.2 Å². The first-order valence-electron chi connectivity index (χ1n) is 8.11. The van der Waals surface area contributed by atoms with Gasteiger partial charge in [0.25, 0.3) is 0 Å². The molecule has 5 nitrogen and oxygen atoms in total. The lowest BCUT2D eigenvalue weighted by Gasteiger charge is -2.48. The number of fused-ring (bicyclic) bond motifs is 1. The normalized spacial score (nSPS) is 26.8. The van der Waals surface area contributed by atoms with E-state index in [0.717, 1.165) is 13.0 Å². The lowest BCUT2D eigenvalue weighted by molar-refractivity contribution is -0.159. The topological polar surface area (TPSA) is 69.6 Å². The predicted molar refractivity (Wildman–Crippen MR) is 87.4 cm³/mol. The fourth-order valence-electron chi connectivity index (χ4n) is 3.82. The average Bonchev–Trinajstić information content (AvgIpc) is 2.57. The second-order valence-electron chi connectivity index (χ2n) is 6.55. The lowest BCUT2D eigenvalue weighted by atomic mass is 9.70. The maximum absolute atomic E-state index is 13.9. The predicted octanol–water partition coefficient (Wildman–Crippen LogP) is 2.08. The summed E-state index contributed by atoms with van der Waals surface area (Å²) in [7, 11) is 0. The van der Waals surface area contributed by atoms with Crippen LogP contribution in [-0.2, 0) is 16.0 Å². The van der Waals surface area contributed by atoms with E-state index in [2.05, 4.69) is 5.32 Å². The summed E-state index contributed by atoms with van der Waals surface area (Å²) in [6, 6.07) is 4.18. The number of carbonyl (C=O) groups is 2. The number of hydrogen-bond acceptors (Lipinski definition) is 3. The van der Waals surface area contributed by atoms with Crippen molar-refractivity contribution >= 4 is 23.5 Å². The third kappa shape index (κ3) is 3.00. The van der Waals surface area contributed by atoms with E-state index < -0.39 is 17.2 Å². The van der Waals surface area contributed by atoms with Gasteiger partial charge >= 0.3 is 5.97 Å². The van der Waals surface area contributed by atoms with Crippen LogP contribution in [0, 0.1) is 11.2 Å². The molecular formula is C17H20ClFN2O3. The van der Waals surface area contributed by atoms with Gasteiger partial charge < -0.3 is 15.3 Å². The Morgan fingerprint density at radius 2 is 2.25 bits per heavy atom. The largest absolute Gasteiger partial charge is 0.481 e. The van der Waals surface area contributed by atoms with Crippen LogP contribution in [0.2, 0.25) is 5.02 Å². The number of carboxylic acids is 1. The van der Waals surface area contributed by atoms with Crippen LogP contribution in [0.5, 0.6) is 0 Å². The van der Waals surface area contributed by atoms with Gasteiger partial charge in [0.15, 0.2) is 0 Å². The standard InChI is InChI=1S/C17H20ClFN2O3/c18-12-3-1-4-13(19)11(12)9-15(22)21-8-5-14-17(10-21,16(23)24)6-2-7-20-14/h1,3-4,14,20H,2,5-10H2,(H,23,24)/t14?,17-/m0/s1. The van der Waals surface area contributed by atoms with Gasteiger partial charge in [-0.25, -0.2) is 4.39 Å². The van der Waals surface area contributed by atoms with Crippen molar-refractivity contribution in [2.75, 3.05) is 19.6 Å². The summed E-state index contributed by atoms with van der Waals surface area (Å²) < 4.78 is 13.9. The summed E-state index contributed by atoms with van der Waals surface area (Å²) in [6.07, 6.45) is 1.75. The molecule has 7 heteroatoms. The highest BCUT2D eigenvalue weighted by molar-refractivity contribution is 6.31. The minimum absolute atomic E-state index is 0.121. The summed E-state index contributed by atoms with van der Waals surface area (Å²) in [4.78, 5) is 26.0. The number of hydrogen-bond donors (Lipinski definition) is 2. The van der Waals surface area contributed by atoms with Gasteiger partial charge in [-0.1, -0.05) is 17.7 Å². The molecule has 0 saturated carbocycles. The monoisotopic (exact) mass is 354 g/mol. The summed E-state index contributed by atoms with van der Waals surface area (Å²) >= 11 is 5.99. The molecule has 2 aliphatic rings. The van der Waals surface area contributed by atoms with Crippen molar-refractivity contribution in [2.45, 2.75) is 31.7 Å². The van der Waals surface area contributed by atoms with Gasteiger partial charge in [0.2, 0.25) is 5.91 Å². The zero-order valence-corrected chi connectivity index (χ0v) is 14.0. The van der Waals surface area contributed by atoms with E-state index in [0.29, 0.717) is 19.4 Å². The van der Waals surface area contributed by atoms with Crippen molar-refractivity contribution in [3.05, 3.63) is 34.6 Å². The van der Waals surface area contributed by atoms with Gasteiger partial charge in [0, 0.05) is 29.7 Å². The van der Waals surface area contributed by atoms with Gasteiger partial charge in [-0.2, -0.15) is 0 Å². The zero-order chi connectivity index (χ0) is 17.3. The number of aliphatic carboxylic acids is 1. The van der Waals surface area contributed by atoms with Crippen LogP contribution < -0.4 is 5.32 Å². The molecule has 1 unspecified atom stereocenters. The third-order valence-electron chi connectivity index (χ3n) is 5.19. The second-order valence-corrected chi connectivity index (χ2v) is 6.96. The van der Waals surface area contributed by atoms with E-state index in [9.17, 15) is 19.1 Å². The minimum Gasteiger partial charge on any atom is -0.481 e. The smallest absolute Gasteiger partial charge is 0.313 e. The number of likely N-dealkylation sites (tertiary alicyclic amines) is 1. The molecule has 2 N–H and O–H groups in total. The Balaban J connectivity index is 1.78. The van der Waals surface area contributed by atoms with Crippen molar-refractivity contribution < 1.29 is 19.1 Å². The van der Waals surface area contributed by atoms with Gasteiger partial charge in [0.05, 0.1) is 6.42 Å². The molecule has 2 aliphatic heterocycles. The highest BCUT2D eigenvalue weighted by Gasteiger charge is 2.51. The molecule has 1 aromatic carbocycles. The van der Waals surface area contributed by atoms with Crippen LogP contribution in [0.4, 0.5) is 4.39 Å². The Labute approximate surface area is 144 Å². The van der Waals surface area contributed by atoms with Crippen LogP contribution in [0.3, 0.4) is 0 Å². The number of amides is 1. The van der Waals surface area contributed by atoms with Crippen LogP contribution in [0.25, 0.3) is 0 Å². The first-order chi connectivity index (χ1) is 11.4. The van der Waals surface area contributed by atoms with Crippen molar-refractivity contribution in [3.63, 3.8) is 0 Å². The molecule has 2 saturated heterocycles. The molecule has 1 amide bonds. The lowest BCUT2D eigenvalue weighted by Crippen LogP contribution is -2.63. The maximum Gasteiger partial charge on any atom is 0.313 e. The first-order valence-corrected chi connectivity index (χ1v) is 8.49.